The van der Waals surface area contributed by atoms with Crippen molar-refractivity contribution in [3.63, 3.8) is 0 Å². The summed E-state index contributed by atoms with van der Waals surface area (Å²) < 4.78 is 13.6. The van der Waals surface area contributed by atoms with Crippen LogP contribution in [-0.2, 0) is 11.3 Å². The van der Waals surface area contributed by atoms with Crippen LogP contribution in [0, 0.1) is 5.82 Å². The van der Waals surface area contributed by atoms with Gasteiger partial charge in [-0.2, -0.15) is 11.3 Å². The number of hydrogen-bond acceptors (Lipinski definition) is 4. The van der Waals surface area contributed by atoms with Crippen LogP contribution in [-0.4, -0.2) is 54.5 Å². The van der Waals surface area contributed by atoms with Crippen molar-refractivity contribution in [3.05, 3.63) is 52.5 Å². The van der Waals surface area contributed by atoms with Gasteiger partial charge in [-0.25, -0.2) is 4.39 Å². The number of benzene rings is 1. The molecule has 4 rings (SSSR count). The van der Waals surface area contributed by atoms with E-state index in [1.165, 1.54) is 17.7 Å². The quantitative estimate of drug-likeness (QED) is 0.843. The van der Waals surface area contributed by atoms with E-state index in [2.05, 4.69) is 26.6 Å². The van der Waals surface area contributed by atoms with Crippen molar-refractivity contribution in [2.45, 2.75) is 18.5 Å². The highest BCUT2D eigenvalue weighted by molar-refractivity contribution is 7.07. The number of halogens is 1. The van der Waals surface area contributed by atoms with Crippen LogP contribution in [0.15, 0.2) is 41.1 Å². The van der Waals surface area contributed by atoms with Gasteiger partial charge < -0.3 is 4.90 Å². The summed E-state index contributed by atoms with van der Waals surface area (Å²) in [7, 11) is 2.04. The van der Waals surface area contributed by atoms with Crippen molar-refractivity contribution in [3.8, 4) is 0 Å². The highest BCUT2D eigenvalue weighted by atomic mass is 32.1. The van der Waals surface area contributed by atoms with E-state index in [9.17, 15) is 9.18 Å². The van der Waals surface area contributed by atoms with Crippen LogP contribution in [0.3, 0.4) is 0 Å². The van der Waals surface area contributed by atoms with Gasteiger partial charge in [-0.05, 0) is 54.1 Å². The van der Waals surface area contributed by atoms with Crippen LogP contribution in [0.4, 0.5) is 10.1 Å². The second kappa shape index (κ2) is 6.52. The van der Waals surface area contributed by atoms with E-state index in [1.54, 1.807) is 22.3 Å². The average Bonchev–Trinajstić information content (AvgIpc) is 3.22. The number of anilines is 1. The van der Waals surface area contributed by atoms with Gasteiger partial charge in [0.05, 0.1) is 12.1 Å². The Balaban J connectivity index is 1.54. The normalized spacial score (nSPS) is 25.2. The van der Waals surface area contributed by atoms with Crippen molar-refractivity contribution in [1.29, 1.82) is 0 Å². The van der Waals surface area contributed by atoms with Crippen LogP contribution in [0.2, 0.25) is 0 Å². The maximum Gasteiger partial charge on any atom is 0.241 e. The monoisotopic (exact) mass is 359 g/mol. The number of nitrogens with zero attached hydrogens (tertiary/aromatic N) is 3. The van der Waals surface area contributed by atoms with Gasteiger partial charge >= 0.3 is 0 Å². The Labute approximate surface area is 151 Å². The first-order valence-corrected chi connectivity index (χ1v) is 9.51. The fourth-order valence-electron chi connectivity index (χ4n) is 4.00. The SMILES string of the molecule is CN1CC(=O)N(c2cccc(F)c2)C[C@]12CCN(Cc1ccsc1)C2. The summed E-state index contributed by atoms with van der Waals surface area (Å²) in [6.07, 6.45) is 1.02. The van der Waals surface area contributed by atoms with Crippen molar-refractivity contribution >= 4 is 22.9 Å². The van der Waals surface area contributed by atoms with E-state index in [0.717, 1.165) is 26.1 Å². The number of thiophene rings is 1. The molecule has 0 N–H and O–H groups in total. The lowest BCUT2D eigenvalue weighted by atomic mass is 9.92. The largest absolute Gasteiger partial charge is 0.309 e. The number of piperazine rings is 1. The summed E-state index contributed by atoms with van der Waals surface area (Å²) in [5, 5.41) is 4.30. The molecule has 2 aliphatic heterocycles. The number of amides is 1. The predicted octanol–water partition coefficient (Wildman–Crippen LogP) is 2.81. The third kappa shape index (κ3) is 3.21. The smallest absolute Gasteiger partial charge is 0.241 e. The Hall–Kier alpha value is -1.76. The summed E-state index contributed by atoms with van der Waals surface area (Å²) in [5.41, 5.74) is 1.95. The van der Waals surface area contributed by atoms with Gasteiger partial charge in [-0.1, -0.05) is 6.07 Å². The van der Waals surface area contributed by atoms with Crippen LogP contribution in [0.1, 0.15) is 12.0 Å². The zero-order valence-corrected chi connectivity index (χ0v) is 15.1. The van der Waals surface area contributed by atoms with Crippen LogP contribution >= 0.6 is 11.3 Å². The predicted molar refractivity (Wildman–Crippen MR) is 98.3 cm³/mol. The van der Waals surface area contributed by atoms with E-state index >= 15 is 0 Å². The maximum atomic E-state index is 13.6. The molecule has 1 aromatic carbocycles. The first-order valence-electron chi connectivity index (χ1n) is 8.56. The Bertz CT molecular complexity index is 766. The van der Waals surface area contributed by atoms with E-state index in [4.69, 9.17) is 0 Å². The molecule has 0 aliphatic carbocycles. The van der Waals surface area contributed by atoms with Gasteiger partial charge in [0.25, 0.3) is 0 Å². The third-order valence-corrected chi connectivity index (χ3v) is 6.19. The lowest BCUT2D eigenvalue weighted by molar-refractivity contribution is -0.123. The highest BCUT2D eigenvalue weighted by Gasteiger charge is 2.47. The van der Waals surface area contributed by atoms with Crippen molar-refractivity contribution in [2.24, 2.45) is 0 Å². The maximum absolute atomic E-state index is 13.6. The Morgan fingerprint density at radius 3 is 2.92 bits per heavy atom. The Kier molecular flexibility index (Phi) is 4.35. The number of likely N-dealkylation sites (tertiary alicyclic amines) is 1. The standard InChI is InChI=1S/C19H22FN3OS/c1-21-11-18(24)23(17-4-2-3-16(20)9-17)14-19(21)6-7-22(13-19)10-15-5-8-25-12-15/h2-5,8-9,12H,6-7,10-11,13-14H2,1H3/t19-/m1/s1. The van der Waals surface area contributed by atoms with Crippen LogP contribution in [0.25, 0.3) is 0 Å². The van der Waals surface area contributed by atoms with E-state index in [1.807, 2.05) is 13.1 Å². The second-order valence-electron chi connectivity index (χ2n) is 7.13. The third-order valence-electron chi connectivity index (χ3n) is 5.45. The molecule has 1 amide bonds. The molecule has 3 heterocycles. The molecule has 4 nitrogen and oxygen atoms in total. The van der Waals surface area contributed by atoms with Crippen LogP contribution < -0.4 is 4.90 Å². The molecule has 6 heteroatoms. The molecule has 0 bridgehead atoms. The average molecular weight is 359 g/mol. The Morgan fingerprint density at radius 1 is 1.28 bits per heavy atom. The van der Waals surface area contributed by atoms with E-state index in [-0.39, 0.29) is 17.3 Å². The highest BCUT2D eigenvalue weighted by Crippen LogP contribution is 2.34. The minimum atomic E-state index is -0.302. The molecule has 1 spiro atoms. The van der Waals surface area contributed by atoms with Crippen molar-refractivity contribution in [1.82, 2.24) is 9.80 Å². The molecule has 1 aromatic heterocycles. The Morgan fingerprint density at radius 2 is 2.16 bits per heavy atom. The number of likely N-dealkylation sites (N-methyl/N-ethyl adjacent to an activating group) is 1. The molecule has 25 heavy (non-hydrogen) atoms. The van der Waals surface area contributed by atoms with Gasteiger partial charge in [0, 0.05) is 31.9 Å². The number of carbonyl (C=O) groups is 1. The van der Waals surface area contributed by atoms with Gasteiger partial charge in [-0.15, -0.1) is 0 Å². The summed E-state index contributed by atoms with van der Waals surface area (Å²) in [6.45, 7) is 3.89. The molecule has 1 atom stereocenters. The van der Waals surface area contributed by atoms with Gasteiger partial charge in [0.2, 0.25) is 5.91 Å². The molecule has 132 valence electrons. The zero-order valence-electron chi connectivity index (χ0n) is 14.3. The molecule has 2 aromatic rings. The van der Waals surface area contributed by atoms with Crippen LogP contribution in [0.5, 0.6) is 0 Å². The summed E-state index contributed by atoms with van der Waals surface area (Å²) in [6, 6.07) is 8.52. The zero-order chi connectivity index (χ0) is 17.4. The summed E-state index contributed by atoms with van der Waals surface area (Å²) >= 11 is 1.72. The molecule has 2 saturated heterocycles. The molecule has 0 radical (unpaired) electrons. The van der Waals surface area contributed by atoms with Gasteiger partial charge in [0.1, 0.15) is 5.82 Å². The van der Waals surface area contributed by atoms with Crippen molar-refractivity contribution < 1.29 is 9.18 Å². The minimum absolute atomic E-state index is 0.0370. The van der Waals surface area contributed by atoms with E-state index < -0.39 is 0 Å². The summed E-state index contributed by atoms with van der Waals surface area (Å²) in [4.78, 5) is 19.0. The van der Waals surface area contributed by atoms with Crippen molar-refractivity contribution in [2.75, 3.05) is 38.1 Å². The minimum Gasteiger partial charge on any atom is -0.309 e. The first kappa shape index (κ1) is 16.7. The summed E-state index contributed by atoms with van der Waals surface area (Å²) in [5.74, 6) is -0.265. The molecule has 2 aliphatic rings. The molecular weight excluding hydrogens is 337 g/mol. The second-order valence-corrected chi connectivity index (χ2v) is 7.91. The van der Waals surface area contributed by atoms with E-state index in [0.29, 0.717) is 18.8 Å². The number of hydrogen-bond donors (Lipinski definition) is 0. The number of rotatable bonds is 3. The molecule has 2 fully saturated rings. The topological polar surface area (TPSA) is 26.8 Å². The number of carbonyl (C=O) groups excluding carboxylic acids is 1. The fraction of sp³-hybridized carbons (Fsp3) is 0.421. The van der Waals surface area contributed by atoms with Gasteiger partial charge in [-0.3, -0.25) is 14.6 Å². The first-order chi connectivity index (χ1) is 12.1. The van der Waals surface area contributed by atoms with Gasteiger partial charge in [0.15, 0.2) is 0 Å². The lowest BCUT2D eigenvalue weighted by Crippen LogP contribution is -2.64. The fourth-order valence-corrected chi connectivity index (χ4v) is 4.66. The molecule has 0 saturated carbocycles. The molecular formula is C19H22FN3OS. The molecule has 0 unspecified atom stereocenters. The lowest BCUT2D eigenvalue weighted by Gasteiger charge is -2.47.